The maximum atomic E-state index is 13.6. The predicted octanol–water partition coefficient (Wildman–Crippen LogP) is 5.80. The van der Waals surface area contributed by atoms with Crippen molar-refractivity contribution >= 4 is 33.2 Å². The Labute approximate surface area is 211 Å². The molecule has 1 atom stereocenters. The molecule has 1 aliphatic rings. The van der Waals surface area contributed by atoms with Crippen LogP contribution in [0.3, 0.4) is 0 Å². The molecule has 0 N–H and O–H groups in total. The lowest BCUT2D eigenvalue weighted by Gasteiger charge is -2.30. The topological polar surface area (TPSA) is 66.9 Å². The highest BCUT2D eigenvalue weighted by Crippen LogP contribution is 2.33. The first-order chi connectivity index (χ1) is 17.0. The minimum absolute atomic E-state index is 0.174. The van der Waals surface area contributed by atoms with Crippen LogP contribution in [0, 0.1) is 0 Å². The Morgan fingerprint density at radius 3 is 2.25 bits per heavy atom. The van der Waals surface area contributed by atoms with Gasteiger partial charge in [0.05, 0.1) is 16.6 Å². The Kier molecular flexibility index (Phi) is 7.46. The number of ether oxygens (including phenoxy) is 1. The highest BCUT2D eigenvalue weighted by atomic mass is 35.5. The van der Waals surface area contributed by atoms with E-state index in [9.17, 15) is 26.4 Å². The van der Waals surface area contributed by atoms with Crippen LogP contribution in [0.2, 0.25) is 5.02 Å². The van der Waals surface area contributed by atoms with Gasteiger partial charge in [0.25, 0.3) is 10.0 Å². The molecule has 0 bridgehead atoms. The number of anilines is 1. The molecule has 11 heteroatoms. The lowest BCUT2D eigenvalue weighted by Crippen LogP contribution is -2.42. The van der Waals surface area contributed by atoms with Gasteiger partial charge in [-0.15, -0.1) is 13.2 Å². The zero-order valence-electron chi connectivity index (χ0n) is 18.9. The number of carbonyl (C=O) groups excluding carboxylic acids is 1. The van der Waals surface area contributed by atoms with E-state index in [1.165, 1.54) is 24.3 Å². The summed E-state index contributed by atoms with van der Waals surface area (Å²) in [6.45, 7) is -0.00944. The van der Waals surface area contributed by atoms with Crippen LogP contribution in [0.15, 0.2) is 83.8 Å². The molecule has 3 aromatic rings. The van der Waals surface area contributed by atoms with Crippen molar-refractivity contribution in [2.24, 2.45) is 0 Å². The van der Waals surface area contributed by atoms with E-state index < -0.39 is 34.6 Å². The highest BCUT2D eigenvalue weighted by Gasteiger charge is 2.35. The molecule has 0 aliphatic carbocycles. The molecule has 0 spiro atoms. The van der Waals surface area contributed by atoms with Crippen LogP contribution in [-0.4, -0.2) is 38.7 Å². The van der Waals surface area contributed by atoms with Crippen LogP contribution in [0.4, 0.5) is 18.9 Å². The molecule has 0 radical (unpaired) electrons. The first-order valence-electron chi connectivity index (χ1n) is 11.0. The number of benzene rings is 3. The van der Waals surface area contributed by atoms with E-state index in [1.54, 1.807) is 4.90 Å². The second-order valence-corrected chi connectivity index (χ2v) is 10.5. The Balaban J connectivity index is 1.64. The molecule has 1 saturated heterocycles. The summed E-state index contributed by atoms with van der Waals surface area (Å²) >= 11 is 5.97. The molecule has 36 heavy (non-hydrogen) atoms. The first-order valence-corrected chi connectivity index (χ1v) is 12.8. The third kappa shape index (κ3) is 5.93. The minimum atomic E-state index is -4.91. The van der Waals surface area contributed by atoms with E-state index >= 15 is 0 Å². The zero-order valence-corrected chi connectivity index (χ0v) is 20.4. The summed E-state index contributed by atoms with van der Waals surface area (Å²) in [4.78, 5) is 14.8. The van der Waals surface area contributed by atoms with E-state index in [0.717, 1.165) is 47.0 Å². The van der Waals surface area contributed by atoms with Gasteiger partial charge >= 0.3 is 6.36 Å². The number of rotatable bonds is 7. The number of hydrogen-bond acceptors (Lipinski definition) is 4. The third-order valence-electron chi connectivity index (χ3n) is 5.80. The number of sulfonamides is 1. The molecule has 0 aromatic heterocycles. The summed E-state index contributed by atoms with van der Waals surface area (Å²) in [5.74, 6) is -0.949. The number of alkyl halides is 3. The van der Waals surface area contributed by atoms with Gasteiger partial charge in [0.2, 0.25) is 5.91 Å². The monoisotopic (exact) mass is 538 g/mol. The molecule has 190 valence electrons. The molecule has 3 aromatic carbocycles. The molecular formula is C25H22ClF3N2O4S. The van der Waals surface area contributed by atoms with Crippen LogP contribution in [0.25, 0.3) is 0 Å². The molecule has 1 heterocycles. The second-order valence-electron chi connectivity index (χ2n) is 8.16. The largest absolute Gasteiger partial charge is 0.573 e. The molecular weight excluding hydrogens is 517 g/mol. The molecule has 6 nitrogen and oxygen atoms in total. The van der Waals surface area contributed by atoms with Crippen molar-refractivity contribution in [2.45, 2.75) is 30.1 Å². The van der Waals surface area contributed by atoms with E-state index in [-0.39, 0.29) is 16.6 Å². The summed E-state index contributed by atoms with van der Waals surface area (Å²) in [5, 5.41) is 0.375. The van der Waals surface area contributed by atoms with Gasteiger partial charge in [0.15, 0.2) is 0 Å². The van der Waals surface area contributed by atoms with Gasteiger partial charge in [-0.25, -0.2) is 8.42 Å². The van der Waals surface area contributed by atoms with Gasteiger partial charge in [-0.3, -0.25) is 9.10 Å². The van der Waals surface area contributed by atoms with E-state index in [2.05, 4.69) is 4.74 Å². The highest BCUT2D eigenvalue weighted by molar-refractivity contribution is 7.92. The Morgan fingerprint density at radius 1 is 1.00 bits per heavy atom. The van der Waals surface area contributed by atoms with Gasteiger partial charge in [-0.1, -0.05) is 41.9 Å². The summed E-state index contributed by atoms with van der Waals surface area (Å²) in [6, 6.07) is 19.1. The Bertz CT molecular complexity index is 1300. The van der Waals surface area contributed by atoms with E-state index in [1.807, 2.05) is 30.3 Å². The first kappa shape index (κ1) is 25.8. The fraction of sp³-hybridized carbons (Fsp3) is 0.240. The third-order valence-corrected chi connectivity index (χ3v) is 7.84. The predicted molar refractivity (Wildman–Crippen MR) is 129 cm³/mol. The van der Waals surface area contributed by atoms with Crippen LogP contribution in [-0.2, 0) is 14.8 Å². The SMILES string of the molecule is O=C(CN(c1ccc(Cl)cc1)S(=O)(=O)c1ccc(OC(F)(F)F)cc1)N1CCCC1c1ccccc1. The minimum Gasteiger partial charge on any atom is -0.406 e. The molecule has 4 rings (SSSR count). The van der Waals surface area contributed by atoms with Gasteiger partial charge in [-0.2, -0.15) is 0 Å². The maximum absolute atomic E-state index is 13.6. The Hall–Kier alpha value is -3.24. The number of amides is 1. The lowest BCUT2D eigenvalue weighted by atomic mass is 10.0. The van der Waals surface area contributed by atoms with Crippen molar-refractivity contribution < 1.29 is 31.1 Å². The fourth-order valence-electron chi connectivity index (χ4n) is 4.16. The van der Waals surface area contributed by atoms with Crippen LogP contribution in [0.5, 0.6) is 5.75 Å². The van der Waals surface area contributed by atoms with Crippen LogP contribution < -0.4 is 9.04 Å². The smallest absolute Gasteiger partial charge is 0.406 e. The standard InChI is InChI=1S/C25H22ClF3N2O4S/c26-19-8-10-20(11-9-19)31(36(33,34)22-14-12-21(13-15-22)35-25(27,28)29)17-24(32)30-16-4-7-23(30)18-5-2-1-3-6-18/h1-3,5-6,8-15,23H,4,7,16-17H2. The van der Waals surface area contributed by atoms with Crippen molar-refractivity contribution in [1.82, 2.24) is 4.90 Å². The number of nitrogens with zero attached hydrogens (tertiary/aromatic N) is 2. The molecule has 1 unspecified atom stereocenters. The quantitative estimate of drug-likeness (QED) is 0.381. The fourth-order valence-corrected chi connectivity index (χ4v) is 5.70. The number of likely N-dealkylation sites (tertiary alicyclic amines) is 1. The van der Waals surface area contributed by atoms with E-state index in [0.29, 0.717) is 11.6 Å². The van der Waals surface area contributed by atoms with Crippen LogP contribution in [0.1, 0.15) is 24.4 Å². The number of halogens is 4. The van der Waals surface area contributed by atoms with Gasteiger partial charge in [0, 0.05) is 11.6 Å². The molecule has 1 amide bonds. The lowest BCUT2D eigenvalue weighted by molar-refractivity contribution is -0.274. The zero-order chi connectivity index (χ0) is 25.9. The number of hydrogen-bond donors (Lipinski definition) is 0. The maximum Gasteiger partial charge on any atom is 0.573 e. The van der Waals surface area contributed by atoms with Gasteiger partial charge in [0.1, 0.15) is 12.3 Å². The molecule has 0 saturated carbocycles. The normalized spacial score (nSPS) is 16.1. The van der Waals surface area contributed by atoms with Gasteiger partial charge < -0.3 is 9.64 Å². The summed E-state index contributed by atoms with van der Waals surface area (Å²) in [7, 11) is -4.33. The van der Waals surface area contributed by atoms with Crippen molar-refractivity contribution in [3.05, 3.63) is 89.4 Å². The van der Waals surface area contributed by atoms with Gasteiger partial charge in [-0.05, 0) is 66.9 Å². The van der Waals surface area contributed by atoms with Crippen molar-refractivity contribution in [1.29, 1.82) is 0 Å². The number of carbonyl (C=O) groups is 1. The summed E-state index contributed by atoms with van der Waals surface area (Å²) < 4.78 is 69.4. The van der Waals surface area contributed by atoms with Crippen LogP contribution >= 0.6 is 11.6 Å². The van der Waals surface area contributed by atoms with Crippen molar-refractivity contribution in [3.8, 4) is 5.75 Å². The average molecular weight is 539 g/mol. The summed E-state index contributed by atoms with van der Waals surface area (Å²) in [5.41, 5.74) is 1.16. The van der Waals surface area contributed by atoms with Crippen molar-refractivity contribution in [2.75, 3.05) is 17.4 Å². The molecule has 1 aliphatic heterocycles. The molecule has 1 fully saturated rings. The van der Waals surface area contributed by atoms with Crippen molar-refractivity contribution in [3.63, 3.8) is 0 Å². The summed E-state index contributed by atoms with van der Waals surface area (Å²) in [6.07, 6.45) is -3.38. The average Bonchev–Trinajstić information content (AvgIpc) is 3.33. The second kappa shape index (κ2) is 10.4. The Morgan fingerprint density at radius 2 is 1.64 bits per heavy atom. The van der Waals surface area contributed by atoms with E-state index in [4.69, 9.17) is 11.6 Å².